The molecule has 7 N–H and O–H groups in total. The Balaban J connectivity index is 1.69. The lowest BCUT2D eigenvalue weighted by molar-refractivity contribution is -0.195. The van der Waals surface area contributed by atoms with Gasteiger partial charge in [0.15, 0.2) is 5.78 Å². The minimum absolute atomic E-state index is 0.144. The maximum atomic E-state index is 13.3. The number of hydrogen-bond donors (Lipinski definition) is 7. The Morgan fingerprint density at radius 2 is 1.67 bits per heavy atom. The number of fused-ring (bicyclic) bond motifs is 5. The van der Waals surface area contributed by atoms with Crippen molar-refractivity contribution in [2.24, 2.45) is 34.5 Å². The Kier molecular flexibility index (Phi) is 6.70. The van der Waals surface area contributed by atoms with Crippen molar-refractivity contribution < 1.29 is 40.5 Å². The number of hydrogen-bond acceptors (Lipinski definition) is 8. The summed E-state index contributed by atoms with van der Waals surface area (Å²) in [5, 5.41) is 76.9. The minimum Gasteiger partial charge on any atom is -0.390 e. The van der Waals surface area contributed by atoms with Crippen molar-refractivity contribution in [2.45, 2.75) is 121 Å². The first-order chi connectivity index (χ1) is 16.3. The molecule has 3 saturated carbocycles. The Hall–Kier alpha value is -0.870. The van der Waals surface area contributed by atoms with Crippen molar-refractivity contribution in [1.29, 1.82) is 0 Å². The van der Waals surface area contributed by atoms with Gasteiger partial charge in [-0.25, -0.2) is 0 Å². The molecule has 0 aliphatic heterocycles. The van der Waals surface area contributed by atoms with Crippen molar-refractivity contribution in [3.8, 4) is 0 Å². The highest BCUT2D eigenvalue weighted by Gasteiger charge is 2.70. The van der Waals surface area contributed by atoms with Gasteiger partial charge in [0.05, 0.1) is 41.0 Å². The highest BCUT2D eigenvalue weighted by atomic mass is 16.4. The predicted molar refractivity (Wildman–Crippen MR) is 133 cm³/mol. The van der Waals surface area contributed by atoms with Crippen LogP contribution >= 0.6 is 0 Å². The lowest BCUT2D eigenvalue weighted by atomic mass is 9.45. The molecular weight excluding hydrogens is 464 g/mol. The highest BCUT2D eigenvalue weighted by molar-refractivity contribution is 5.95. The van der Waals surface area contributed by atoms with Gasteiger partial charge in [0, 0.05) is 5.41 Å². The van der Waals surface area contributed by atoms with E-state index in [2.05, 4.69) is 0 Å². The van der Waals surface area contributed by atoms with Gasteiger partial charge in [0.25, 0.3) is 0 Å². The van der Waals surface area contributed by atoms with Crippen LogP contribution in [0.15, 0.2) is 11.6 Å². The van der Waals surface area contributed by atoms with E-state index in [1.165, 1.54) is 6.08 Å². The zero-order valence-electron chi connectivity index (χ0n) is 22.5. The van der Waals surface area contributed by atoms with E-state index in [-0.39, 0.29) is 30.5 Å². The van der Waals surface area contributed by atoms with E-state index < -0.39 is 63.9 Å². The second-order valence-electron chi connectivity index (χ2n) is 13.7. The van der Waals surface area contributed by atoms with Crippen LogP contribution in [0.1, 0.15) is 80.1 Å². The summed E-state index contributed by atoms with van der Waals surface area (Å²) < 4.78 is 0. The smallest absolute Gasteiger partial charge is 0.162 e. The van der Waals surface area contributed by atoms with E-state index in [0.717, 1.165) is 0 Å². The molecule has 0 spiro atoms. The zero-order chi connectivity index (χ0) is 27.2. The van der Waals surface area contributed by atoms with Gasteiger partial charge in [-0.05, 0) is 94.1 Å². The first-order valence-electron chi connectivity index (χ1n) is 13.5. The third-order valence-corrected chi connectivity index (χ3v) is 11.3. The van der Waals surface area contributed by atoms with Crippen LogP contribution in [0.5, 0.6) is 0 Å². The van der Waals surface area contributed by atoms with Crippen molar-refractivity contribution >= 4 is 5.78 Å². The predicted octanol–water partition coefficient (Wildman–Crippen LogP) is 1.07. The van der Waals surface area contributed by atoms with Gasteiger partial charge in [-0.2, -0.15) is 0 Å². The molecule has 3 fully saturated rings. The number of allylic oxidation sites excluding steroid dienone is 1. The normalized spacial score (nSPS) is 48.2. The molecule has 8 heteroatoms. The number of aliphatic hydroxyl groups is 7. The van der Waals surface area contributed by atoms with Crippen LogP contribution in [-0.4, -0.2) is 82.7 Å². The number of carbonyl (C=O) groups is 1. The molecule has 4 aliphatic carbocycles. The van der Waals surface area contributed by atoms with Crippen LogP contribution < -0.4 is 0 Å². The topological polar surface area (TPSA) is 159 Å². The third kappa shape index (κ3) is 3.78. The van der Waals surface area contributed by atoms with E-state index in [1.54, 1.807) is 20.8 Å². The van der Waals surface area contributed by atoms with Crippen molar-refractivity contribution in [3.05, 3.63) is 11.6 Å². The Bertz CT molecular complexity index is 923. The first-order valence-corrected chi connectivity index (χ1v) is 13.5. The second kappa shape index (κ2) is 8.57. The Morgan fingerprint density at radius 3 is 2.25 bits per heavy atom. The fraction of sp³-hybridized carbons (Fsp3) is 0.893. The summed E-state index contributed by atoms with van der Waals surface area (Å²) in [6.45, 7) is 10.6. The van der Waals surface area contributed by atoms with Gasteiger partial charge in [-0.3, -0.25) is 4.79 Å². The van der Waals surface area contributed by atoms with E-state index in [0.29, 0.717) is 31.3 Å². The summed E-state index contributed by atoms with van der Waals surface area (Å²) in [6.07, 6.45) is -1.36. The molecule has 0 amide bonds. The van der Waals surface area contributed by atoms with Gasteiger partial charge in [0.1, 0.15) is 6.10 Å². The Labute approximate surface area is 214 Å². The SMILES string of the molecule is CC(CC(O)C(C)(O)C1CCC2(O)C3=CC(=O)C4C(O)C(O)C(O)CC4(C)C3CCC12C)C(C)(C)O. The van der Waals surface area contributed by atoms with Crippen LogP contribution in [-0.2, 0) is 4.79 Å². The molecule has 206 valence electrons. The van der Waals surface area contributed by atoms with Gasteiger partial charge >= 0.3 is 0 Å². The van der Waals surface area contributed by atoms with Crippen molar-refractivity contribution in [2.75, 3.05) is 0 Å². The molecule has 0 aromatic heterocycles. The molecule has 0 aromatic carbocycles. The van der Waals surface area contributed by atoms with Crippen molar-refractivity contribution in [3.63, 3.8) is 0 Å². The molecule has 4 rings (SSSR count). The first kappa shape index (κ1) is 28.1. The molecule has 4 aliphatic rings. The molecular formula is C28H46O8. The van der Waals surface area contributed by atoms with Gasteiger partial charge < -0.3 is 35.7 Å². The summed E-state index contributed by atoms with van der Waals surface area (Å²) in [5.41, 5.74) is -4.98. The number of aliphatic hydroxyl groups excluding tert-OH is 4. The van der Waals surface area contributed by atoms with Gasteiger partial charge in [-0.15, -0.1) is 0 Å². The largest absolute Gasteiger partial charge is 0.390 e. The summed E-state index contributed by atoms with van der Waals surface area (Å²) in [7, 11) is 0. The number of rotatable bonds is 5. The molecule has 0 radical (unpaired) electrons. The monoisotopic (exact) mass is 510 g/mol. The fourth-order valence-electron chi connectivity index (χ4n) is 8.53. The maximum absolute atomic E-state index is 13.3. The van der Waals surface area contributed by atoms with Crippen LogP contribution in [0.3, 0.4) is 0 Å². The maximum Gasteiger partial charge on any atom is 0.162 e. The summed E-state index contributed by atoms with van der Waals surface area (Å²) in [6, 6.07) is 0. The second-order valence-corrected chi connectivity index (χ2v) is 13.7. The lowest BCUT2D eigenvalue weighted by Gasteiger charge is -2.61. The van der Waals surface area contributed by atoms with E-state index in [4.69, 9.17) is 0 Å². The standard InChI is InChI=1S/C28H46O8/c1-14(24(2,3)34)11-20(31)27(6,35)19-8-10-28(36)16-12-17(29)21-23(33)22(32)18(30)13-25(21,4)15(16)7-9-26(19,28)5/h12,14-15,18-23,30-36H,7-11,13H2,1-6H3. The summed E-state index contributed by atoms with van der Waals surface area (Å²) in [5.74, 6) is -2.19. The minimum atomic E-state index is -1.53. The van der Waals surface area contributed by atoms with Crippen LogP contribution in [0.2, 0.25) is 0 Å². The van der Waals surface area contributed by atoms with Crippen LogP contribution in [0.4, 0.5) is 0 Å². The number of carbonyl (C=O) groups excluding carboxylic acids is 1. The average molecular weight is 511 g/mol. The molecule has 0 bridgehead atoms. The molecule has 12 unspecified atom stereocenters. The van der Waals surface area contributed by atoms with E-state index in [9.17, 15) is 40.5 Å². The molecule has 0 aromatic rings. The third-order valence-electron chi connectivity index (χ3n) is 11.3. The summed E-state index contributed by atoms with van der Waals surface area (Å²) in [4.78, 5) is 13.3. The fourth-order valence-corrected chi connectivity index (χ4v) is 8.53. The molecule has 8 nitrogen and oxygen atoms in total. The lowest BCUT2D eigenvalue weighted by Crippen LogP contribution is -2.65. The van der Waals surface area contributed by atoms with E-state index >= 15 is 0 Å². The Morgan fingerprint density at radius 1 is 1.06 bits per heavy atom. The quantitative estimate of drug-likeness (QED) is 0.289. The van der Waals surface area contributed by atoms with Crippen molar-refractivity contribution in [1.82, 2.24) is 0 Å². The average Bonchev–Trinajstić information content (AvgIpc) is 3.03. The molecule has 12 atom stereocenters. The van der Waals surface area contributed by atoms with Gasteiger partial charge in [0.2, 0.25) is 0 Å². The van der Waals surface area contributed by atoms with E-state index in [1.807, 2.05) is 20.8 Å². The van der Waals surface area contributed by atoms with Crippen LogP contribution in [0, 0.1) is 34.5 Å². The molecule has 0 saturated heterocycles. The van der Waals surface area contributed by atoms with Gasteiger partial charge in [-0.1, -0.05) is 20.8 Å². The number of ketones is 1. The zero-order valence-corrected chi connectivity index (χ0v) is 22.5. The highest BCUT2D eigenvalue weighted by Crippen LogP contribution is 2.68. The molecule has 0 heterocycles. The molecule has 36 heavy (non-hydrogen) atoms. The summed E-state index contributed by atoms with van der Waals surface area (Å²) >= 11 is 0. The van der Waals surface area contributed by atoms with Crippen LogP contribution in [0.25, 0.3) is 0 Å².